The summed E-state index contributed by atoms with van der Waals surface area (Å²) in [5.41, 5.74) is 0.425. The Balaban J connectivity index is 2.68. The summed E-state index contributed by atoms with van der Waals surface area (Å²) in [5, 5.41) is 10.5. The molecule has 5 nitrogen and oxygen atoms in total. The number of nitrogens with one attached hydrogen (secondary N) is 2. The molecule has 0 saturated carbocycles. The minimum absolute atomic E-state index is 0.0563. The lowest BCUT2D eigenvalue weighted by Gasteiger charge is -2.38. The predicted molar refractivity (Wildman–Crippen MR) is 93.6 cm³/mol. The number of amides is 1. The van der Waals surface area contributed by atoms with Gasteiger partial charge in [0, 0.05) is 30.5 Å². The van der Waals surface area contributed by atoms with Gasteiger partial charge in [-0.3, -0.25) is 4.79 Å². The molecule has 5 heteroatoms. The summed E-state index contributed by atoms with van der Waals surface area (Å²) in [4.78, 5) is 12.4. The molecule has 1 aromatic rings. The second-order valence-electron chi connectivity index (χ2n) is 6.33. The number of unbranched alkanes of at least 4 members (excludes halogenated alkanes) is 1. The highest BCUT2D eigenvalue weighted by atomic mass is 16.5. The first-order valence-electron chi connectivity index (χ1n) is 9.00. The van der Waals surface area contributed by atoms with Crippen LogP contribution in [0.5, 0.6) is 0 Å². The van der Waals surface area contributed by atoms with E-state index in [0.717, 1.165) is 38.1 Å². The number of aromatic nitrogens is 1. The number of carbonyl (C=O) groups is 1. The number of aryl methyl sites for hydroxylation is 1. The van der Waals surface area contributed by atoms with Crippen LogP contribution in [0.4, 0.5) is 0 Å². The fourth-order valence-corrected chi connectivity index (χ4v) is 2.91. The van der Waals surface area contributed by atoms with Crippen molar-refractivity contribution in [3.63, 3.8) is 0 Å². The average molecular weight is 323 g/mol. The summed E-state index contributed by atoms with van der Waals surface area (Å²) in [6.45, 7) is 12.6. The molecule has 23 heavy (non-hydrogen) atoms. The fourth-order valence-electron chi connectivity index (χ4n) is 2.91. The summed E-state index contributed by atoms with van der Waals surface area (Å²) in [6, 6.07) is 1.79. The van der Waals surface area contributed by atoms with E-state index in [-0.39, 0.29) is 17.4 Å². The second kappa shape index (κ2) is 9.71. The number of rotatable bonds is 11. The molecule has 0 aliphatic heterocycles. The Morgan fingerprint density at radius 1 is 1.30 bits per heavy atom. The molecule has 132 valence electrons. The van der Waals surface area contributed by atoms with Gasteiger partial charge in [0.15, 0.2) is 5.69 Å². The smallest absolute Gasteiger partial charge is 0.273 e. The molecule has 0 bridgehead atoms. The van der Waals surface area contributed by atoms with Crippen LogP contribution in [-0.4, -0.2) is 30.2 Å². The highest BCUT2D eigenvalue weighted by Crippen LogP contribution is 2.30. The maximum atomic E-state index is 12.4. The van der Waals surface area contributed by atoms with Crippen LogP contribution in [0.15, 0.2) is 10.6 Å². The predicted octanol–water partition coefficient (Wildman–Crippen LogP) is 3.55. The monoisotopic (exact) mass is 323 g/mol. The quantitative estimate of drug-likeness (QED) is 0.611. The molecule has 1 amide bonds. The number of hydrogen-bond donors (Lipinski definition) is 2. The number of hydrogen-bond acceptors (Lipinski definition) is 4. The van der Waals surface area contributed by atoms with E-state index in [4.69, 9.17) is 4.52 Å². The maximum Gasteiger partial charge on any atom is 0.273 e. The van der Waals surface area contributed by atoms with Gasteiger partial charge >= 0.3 is 0 Å². The highest BCUT2D eigenvalue weighted by Gasteiger charge is 2.34. The first-order chi connectivity index (χ1) is 11.0. The van der Waals surface area contributed by atoms with Crippen LogP contribution in [0.3, 0.4) is 0 Å². The van der Waals surface area contributed by atoms with Gasteiger partial charge in [0.25, 0.3) is 5.91 Å². The Labute approximate surface area is 140 Å². The van der Waals surface area contributed by atoms with Gasteiger partial charge < -0.3 is 15.2 Å². The minimum Gasteiger partial charge on any atom is -0.361 e. The van der Waals surface area contributed by atoms with Crippen LogP contribution < -0.4 is 10.6 Å². The molecule has 0 radical (unpaired) electrons. The maximum absolute atomic E-state index is 12.4. The van der Waals surface area contributed by atoms with Crippen molar-refractivity contribution in [3.8, 4) is 0 Å². The van der Waals surface area contributed by atoms with Crippen LogP contribution in [0.1, 0.15) is 76.6 Å². The third-order valence-corrected chi connectivity index (χ3v) is 5.00. The van der Waals surface area contributed by atoms with Gasteiger partial charge in [-0.25, -0.2) is 0 Å². The highest BCUT2D eigenvalue weighted by molar-refractivity contribution is 5.92. The van der Waals surface area contributed by atoms with E-state index in [1.165, 1.54) is 12.8 Å². The molecule has 0 aromatic carbocycles. The standard InChI is InChI=1S/C18H33N3O2/c1-6-10-11-19-13-18(8-3,9-4)14(5)20-17(22)16-12-15(7-2)23-21-16/h12,14,19H,6-11,13H2,1-5H3,(H,20,22). The van der Waals surface area contributed by atoms with E-state index in [0.29, 0.717) is 5.69 Å². The molecule has 0 fully saturated rings. The summed E-state index contributed by atoms with van der Waals surface area (Å²) in [6.07, 6.45) is 5.15. The lowest BCUT2D eigenvalue weighted by Crippen LogP contribution is -2.50. The fraction of sp³-hybridized carbons (Fsp3) is 0.778. The van der Waals surface area contributed by atoms with Crippen molar-refractivity contribution in [1.82, 2.24) is 15.8 Å². The topological polar surface area (TPSA) is 67.2 Å². The van der Waals surface area contributed by atoms with Crippen molar-refractivity contribution in [3.05, 3.63) is 17.5 Å². The zero-order chi connectivity index (χ0) is 17.3. The van der Waals surface area contributed by atoms with Gasteiger partial charge in [-0.15, -0.1) is 0 Å². The van der Waals surface area contributed by atoms with E-state index in [1.807, 2.05) is 6.92 Å². The van der Waals surface area contributed by atoms with Gasteiger partial charge in [0.1, 0.15) is 5.76 Å². The van der Waals surface area contributed by atoms with Crippen molar-refractivity contribution < 1.29 is 9.32 Å². The average Bonchev–Trinajstić information content (AvgIpc) is 3.04. The third kappa shape index (κ3) is 5.34. The van der Waals surface area contributed by atoms with Gasteiger partial charge in [-0.1, -0.05) is 39.3 Å². The molecule has 0 aliphatic carbocycles. The minimum atomic E-state index is -0.152. The Hall–Kier alpha value is -1.36. The van der Waals surface area contributed by atoms with Crippen molar-refractivity contribution in [2.45, 2.75) is 72.8 Å². The van der Waals surface area contributed by atoms with Gasteiger partial charge in [0.05, 0.1) is 0 Å². The SMILES string of the molecule is CCCCNCC(CC)(CC)C(C)NC(=O)c1cc(CC)on1. The Morgan fingerprint density at radius 2 is 2.00 bits per heavy atom. The molecular weight excluding hydrogens is 290 g/mol. The molecule has 2 N–H and O–H groups in total. The zero-order valence-corrected chi connectivity index (χ0v) is 15.4. The largest absolute Gasteiger partial charge is 0.361 e. The van der Waals surface area contributed by atoms with E-state index in [9.17, 15) is 4.79 Å². The van der Waals surface area contributed by atoms with Crippen LogP contribution in [0.25, 0.3) is 0 Å². The van der Waals surface area contributed by atoms with E-state index in [1.54, 1.807) is 6.07 Å². The summed E-state index contributed by atoms with van der Waals surface area (Å²) >= 11 is 0. The zero-order valence-electron chi connectivity index (χ0n) is 15.4. The first kappa shape index (κ1) is 19.7. The Bertz CT molecular complexity index is 467. The molecule has 0 aliphatic rings. The van der Waals surface area contributed by atoms with E-state index in [2.05, 4.69) is 43.5 Å². The molecule has 0 saturated heterocycles. The van der Waals surface area contributed by atoms with Crippen molar-refractivity contribution in [2.75, 3.05) is 13.1 Å². The first-order valence-corrected chi connectivity index (χ1v) is 9.00. The van der Waals surface area contributed by atoms with Gasteiger partial charge in [-0.05, 0) is 32.7 Å². The second-order valence-corrected chi connectivity index (χ2v) is 6.33. The summed E-state index contributed by atoms with van der Waals surface area (Å²) in [7, 11) is 0. The lowest BCUT2D eigenvalue weighted by atomic mass is 9.76. The van der Waals surface area contributed by atoms with E-state index >= 15 is 0 Å². The summed E-state index contributed by atoms with van der Waals surface area (Å²) < 4.78 is 5.12. The Morgan fingerprint density at radius 3 is 2.52 bits per heavy atom. The van der Waals surface area contributed by atoms with Crippen LogP contribution in [0, 0.1) is 5.41 Å². The molecule has 1 unspecified atom stereocenters. The van der Waals surface area contributed by atoms with Crippen LogP contribution >= 0.6 is 0 Å². The molecule has 1 aromatic heterocycles. The molecule has 1 heterocycles. The molecule has 0 spiro atoms. The summed E-state index contributed by atoms with van der Waals surface area (Å²) in [5.74, 6) is 0.585. The van der Waals surface area contributed by atoms with Crippen molar-refractivity contribution in [1.29, 1.82) is 0 Å². The van der Waals surface area contributed by atoms with Crippen LogP contribution in [0.2, 0.25) is 0 Å². The number of carbonyl (C=O) groups excluding carboxylic acids is 1. The normalized spacial score (nSPS) is 13.1. The van der Waals surface area contributed by atoms with Crippen molar-refractivity contribution >= 4 is 5.91 Å². The molecular formula is C18H33N3O2. The Kier molecular flexibility index (Phi) is 8.31. The molecule has 1 rings (SSSR count). The number of nitrogens with zero attached hydrogens (tertiary/aromatic N) is 1. The van der Waals surface area contributed by atoms with Crippen LogP contribution in [-0.2, 0) is 6.42 Å². The lowest BCUT2D eigenvalue weighted by molar-refractivity contribution is 0.0863. The van der Waals surface area contributed by atoms with Gasteiger partial charge in [0.2, 0.25) is 0 Å². The van der Waals surface area contributed by atoms with Crippen molar-refractivity contribution in [2.24, 2.45) is 5.41 Å². The van der Waals surface area contributed by atoms with E-state index < -0.39 is 0 Å². The van der Waals surface area contributed by atoms with Gasteiger partial charge in [-0.2, -0.15) is 0 Å². The molecule has 1 atom stereocenters. The third-order valence-electron chi connectivity index (χ3n) is 5.00.